The summed E-state index contributed by atoms with van der Waals surface area (Å²) in [6, 6.07) is 0. The number of thioether (sulfide) groups is 1. The van der Waals surface area contributed by atoms with E-state index in [1.165, 1.54) is 0 Å². The second kappa shape index (κ2) is 8.25. The summed E-state index contributed by atoms with van der Waals surface area (Å²) in [5, 5.41) is 2.78. The molecule has 1 aromatic heterocycles. The van der Waals surface area contributed by atoms with Gasteiger partial charge in [0.1, 0.15) is 10.6 Å². The summed E-state index contributed by atoms with van der Waals surface area (Å²) >= 11 is 1.01. The first-order valence-electron chi connectivity index (χ1n) is 6.28. The monoisotopic (exact) mass is 311 g/mol. The number of rotatable bonds is 7. The number of nitrogens with one attached hydrogen (secondary N) is 2. The third-order valence-electron chi connectivity index (χ3n) is 2.35. The van der Waals surface area contributed by atoms with E-state index in [0.717, 1.165) is 11.8 Å². The molecule has 8 heteroatoms. The number of esters is 1. The lowest BCUT2D eigenvalue weighted by molar-refractivity contribution is -0.118. The van der Waals surface area contributed by atoms with Crippen molar-refractivity contribution in [2.45, 2.75) is 18.9 Å². The van der Waals surface area contributed by atoms with Gasteiger partial charge in [-0.05, 0) is 13.8 Å². The standard InChI is InChI=1S/C13H17N3O4S/c1-4-6-14-9(17)7-21-11-10(12(18)20-5-2)8(3)15-13(19)16-11/h4H,1,5-7H2,2-3H3,(H,14,17)(H,15,16,19). The van der Waals surface area contributed by atoms with Crippen molar-refractivity contribution >= 4 is 23.6 Å². The molecule has 1 aromatic rings. The van der Waals surface area contributed by atoms with Gasteiger partial charge in [0.2, 0.25) is 5.91 Å². The first-order chi connectivity index (χ1) is 9.99. The Balaban J connectivity index is 2.94. The third-order valence-corrected chi connectivity index (χ3v) is 3.32. The minimum absolute atomic E-state index is 0.0378. The number of aromatic amines is 1. The van der Waals surface area contributed by atoms with Crippen LogP contribution in [0.4, 0.5) is 0 Å². The number of ether oxygens (including phenoxy) is 1. The summed E-state index contributed by atoms with van der Waals surface area (Å²) < 4.78 is 4.93. The summed E-state index contributed by atoms with van der Waals surface area (Å²) in [5.41, 5.74) is -0.0324. The van der Waals surface area contributed by atoms with Gasteiger partial charge < -0.3 is 15.0 Å². The predicted octanol–water partition coefficient (Wildman–Crippen LogP) is 0.649. The minimum Gasteiger partial charge on any atom is -0.462 e. The zero-order valence-corrected chi connectivity index (χ0v) is 12.7. The van der Waals surface area contributed by atoms with Crippen molar-refractivity contribution in [1.29, 1.82) is 0 Å². The second-order valence-corrected chi connectivity index (χ2v) is 4.91. The molecule has 0 bridgehead atoms. The van der Waals surface area contributed by atoms with Crippen LogP contribution in [-0.4, -0.2) is 40.7 Å². The van der Waals surface area contributed by atoms with Gasteiger partial charge in [-0.25, -0.2) is 9.59 Å². The van der Waals surface area contributed by atoms with E-state index in [0.29, 0.717) is 12.2 Å². The lowest BCUT2D eigenvalue weighted by Gasteiger charge is -2.09. The molecule has 2 N–H and O–H groups in total. The first-order valence-corrected chi connectivity index (χ1v) is 7.26. The summed E-state index contributed by atoms with van der Waals surface area (Å²) in [6.07, 6.45) is 1.56. The van der Waals surface area contributed by atoms with Crippen LogP contribution in [0.1, 0.15) is 23.0 Å². The first kappa shape index (κ1) is 17.0. The van der Waals surface area contributed by atoms with Crippen LogP contribution in [0.15, 0.2) is 22.5 Å². The third kappa shape index (κ3) is 5.07. The molecule has 0 radical (unpaired) electrons. The van der Waals surface area contributed by atoms with Gasteiger partial charge in [0.25, 0.3) is 0 Å². The van der Waals surface area contributed by atoms with E-state index in [4.69, 9.17) is 4.74 Å². The average molecular weight is 311 g/mol. The molecule has 0 aliphatic carbocycles. The van der Waals surface area contributed by atoms with E-state index in [-0.39, 0.29) is 28.9 Å². The minimum atomic E-state index is -0.576. The Hall–Kier alpha value is -2.09. The normalized spacial score (nSPS) is 10.0. The molecule has 0 saturated carbocycles. The zero-order valence-electron chi connectivity index (χ0n) is 11.9. The number of carbonyl (C=O) groups excluding carboxylic acids is 2. The molecule has 7 nitrogen and oxygen atoms in total. The number of amides is 1. The number of hydrogen-bond donors (Lipinski definition) is 2. The van der Waals surface area contributed by atoms with E-state index in [2.05, 4.69) is 21.9 Å². The number of H-pyrrole nitrogens is 1. The summed E-state index contributed by atoms with van der Waals surface area (Å²) in [4.78, 5) is 41.0. The zero-order chi connectivity index (χ0) is 15.8. The van der Waals surface area contributed by atoms with E-state index < -0.39 is 11.7 Å². The fraction of sp³-hybridized carbons (Fsp3) is 0.385. The molecular weight excluding hydrogens is 294 g/mol. The Morgan fingerprint density at radius 1 is 1.52 bits per heavy atom. The lowest BCUT2D eigenvalue weighted by Crippen LogP contribution is -2.26. The Bertz CT molecular complexity index is 598. The Kier molecular flexibility index (Phi) is 6.67. The van der Waals surface area contributed by atoms with Crippen LogP contribution >= 0.6 is 11.8 Å². The van der Waals surface area contributed by atoms with Crippen LogP contribution in [0, 0.1) is 6.92 Å². The maximum absolute atomic E-state index is 11.9. The maximum Gasteiger partial charge on any atom is 0.346 e. The summed E-state index contributed by atoms with van der Waals surface area (Å²) in [5.74, 6) is -0.780. The number of hydrogen-bond acceptors (Lipinski definition) is 6. The van der Waals surface area contributed by atoms with Crippen LogP contribution in [-0.2, 0) is 9.53 Å². The van der Waals surface area contributed by atoms with Gasteiger partial charge in [0.15, 0.2) is 0 Å². The molecular formula is C13H17N3O4S. The van der Waals surface area contributed by atoms with Crippen LogP contribution in [0.5, 0.6) is 0 Å². The molecule has 0 fully saturated rings. The van der Waals surface area contributed by atoms with Crippen molar-refractivity contribution in [3.63, 3.8) is 0 Å². The molecule has 0 aliphatic heterocycles. The fourth-order valence-electron chi connectivity index (χ4n) is 1.48. The van der Waals surface area contributed by atoms with Crippen LogP contribution < -0.4 is 11.0 Å². The van der Waals surface area contributed by atoms with Crippen molar-refractivity contribution in [3.05, 3.63) is 34.4 Å². The molecule has 21 heavy (non-hydrogen) atoms. The molecule has 114 valence electrons. The van der Waals surface area contributed by atoms with Crippen LogP contribution in [0.25, 0.3) is 0 Å². The van der Waals surface area contributed by atoms with Crippen LogP contribution in [0.3, 0.4) is 0 Å². The smallest absolute Gasteiger partial charge is 0.346 e. The maximum atomic E-state index is 11.9. The largest absolute Gasteiger partial charge is 0.462 e. The number of aryl methyl sites for hydroxylation is 1. The highest BCUT2D eigenvalue weighted by Crippen LogP contribution is 2.21. The Morgan fingerprint density at radius 2 is 2.24 bits per heavy atom. The molecule has 0 aromatic carbocycles. The number of carbonyl (C=O) groups is 2. The molecule has 1 heterocycles. The van der Waals surface area contributed by atoms with E-state index in [1.807, 2.05) is 0 Å². The van der Waals surface area contributed by atoms with Crippen molar-refractivity contribution in [3.8, 4) is 0 Å². The van der Waals surface area contributed by atoms with E-state index in [1.54, 1.807) is 19.9 Å². The highest BCUT2D eigenvalue weighted by molar-refractivity contribution is 8.00. The number of aromatic nitrogens is 2. The molecule has 0 saturated heterocycles. The van der Waals surface area contributed by atoms with Gasteiger partial charge in [0, 0.05) is 12.2 Å². The van der Waals surface area contributed by atoms with Crippen molar-refractivity contribution in [2.75, 3.05) is 18.9 Å². The molecule has 0 aliphatic rings. The van der Waals surface area contributed by atoms with E-state index in [9.17, 15) is 14.4 Å². The van der Waals surface area contributed by atoms with Crippen molar-refractivity contribution < 1.29 is 14.3 Å². The van der Waals surface area contributed by atoms with Gasteiger partial charge in [-0.3, -0.25) is 4.79 Å². The van der Waals surface area contributed by atoms with Crippen molar-refractivity contribution in [2.24, 2.45) is 0 Å². The molecule has 0 unspecified atom stereocenters. The Labute approximate surface area is 126 Å². The van der Waals surface area contributed by atoms with Gasteiger partial charge in [-0.15, -0.1) is 6.58 Å². The van der Waals surface area contributed by atoms with Gasteiger partial charge in [0.05, 0.1) is 12.4 Å². The molecule has 0 spiro atoms. The van der Waals surface area contributed by atoms with Gasteiger partial charge in [-0.1, -0.05) is 17.8 Å². The Morgan fingerprint density at radius 3 is 2.86 bits per heavy atom. The topological polar surface area (TPSA) is 101 Å². The molecule has 1 rings (SSSR count). The predicted molar refractivity (Wildman–Crippen MR) is 79.5 cm³/mol. The fourth-order valence-corrected chi connectivity index (χ4v) is 2.38. The van der Waals surface area contributed by atoms with Crippen LogP contribution in [0.2, 0.25) is 0 Å². The molecule has 1 amide bonds. The van der Waals surface area contributed by atoms with Gasteiger partial charge >= 0.3 is 11.7 Å². The summed E-state index contributed by atoms with van der Waals surface area (Å²) in [6.45, 7) is 7.32. The quantitative estimate of drug-likeness (QED) is 0.332. The highest BCUT2D eigenvalue weighted by Gasteiger charge is 2.19. The van der Waals surface area contributed by atoms with Gasteiger partial charge in [-0.2, -0.15) is 4.98 Å². The number of nitrogens with zero attached hydrogens (tertiary/aromatic N) is 1. The highest BCUT2D eigenvalue weighted by atomic mass is 32.2. The molecule has 0 atom stereocenters. The van der Waals surface area contributed by atoms with E-state index >= 15 is 0 Å². The van der Waals surface area contributed by atoms with Crippen molar-refractivity contribution in [1.82, 2.24) is 15.3 Å². The lowest BCUT2D eigenvalue weighted by atomic mass is 10.2. The summed E-state index contributed by atoms with van der Waals surface area (Å²) in [7, 11) is 0. The average Bonchev–Trinajstić information content (AvgIpc) is 2.42. The SMILES string of the molecule is C=CCNC(=O)CSc1nc(=O)[nH]c(C)c1C(=O)OCC. The second-order valence-electron chi connectivity index (χ2n) is 3.95.